The number of benzene rings is 1. The predicted octanol–water partition coefficient (Wildman–Crippen LogP) is 1.05. The van der Waals surface area contributed by atoms with E-state index in [1.165, 1.54) is 12.1 Å². The van der Waals surface area contributed by atoms with Gasteiger partial charge >= 0.3 is 5.97 Å². The number of carboxylic acids is 1. The fourth-order valence-corrected chi connectivity index (χ4v) is 1.26. The maximum atomic E-state index is 12.8. The van der Waals surface area contributed by atoms with Gasteiger partial charge in [0.05, 0.1) is 11.2 Å². The highest BCUT2D eigenvalue weighted by Crippen LogP contribution is 2.21. The highest BCUT2D eigenvalue weighted by molar-refractivity contribution is 6.01. The molecule has 3 N–H and O–H groups in total. The van der Waals surface area contributed by atoms with Gasteiger partial charge in [0.15, 0.2) is 5.69 Å². The first-order valence-corrected chi connectivity index (χ1v) is 4.04. The van der Waals surface area contributed by atoms with Crippen molar-refractivity contribution in [2.24, 2.45) is 0 Å². The van der Waals surface area contributed by atoms with Crippen molar-refractivity contribution in [3.63, 3.8) is 0 Å². The van der Waals surface area contributed by atoms with E-state index >= 15 is 0 Å². The topological polar surface area (TPSA) is 89.1 Å². The minimum atomic E-state index is -1.26. The van der Waals surface area contributed by atoms with Gasteiger partial charge in [0, 0.05) is 11.5 Å². The standard InChI is InChI=1S/C9H6FN3O2/c10-4-1-2-5-6(3-4)12-13-8(7(5)11)9(14)15/h1-3H,(H2,11,12)(H,14,15). The van der Waals surface area contributed by atoms with Gasteiger partial charge in [-0.05, 0) is 12.1 Å². The highest BCUT2D eigenvalue weighted by Gasteiger charge is 2.13. The maximum Gasteiger partial charge on any atom is 0.358 e. The zero-order valence-corrected chi connectivity index (χ0v) is 7.44. The molecule has 2 aromatic rings. The lowest BCUT2D eigenvalue weighted by Gasteiger charge is -2.02. The Balaban J connectivity index is 2.80. The molecule has 2 rings (SSSR count). The molecule has 0 amide bonds. The van der Waals surface area contributed by atoms with Gasteiger partial charge in [0.2, 0.25) is 0 Å². The monoisotopic (exact) mass is 207 g/mol. The van der Waals surface area contributed by atoms with Crippen LogP contribution >= 0.6 is 0 Å². The number of nitrogen functional groups attached to an aromatic ring is 1. The Bertz CT molecular complexity index is 556. The van der Waals surface area contributed by atoms with Gasteiger partial charge in [0.1, 0.15) is 5.82 Å². The second-order valence-electron chi connectivity index (χ2n) is 2.93. The number of hydrogen-bond acceptors (Lipinski definition) is 4. The zero-order chi connectivity index (χ0) is 11.0. The summed E-state index contributed by atoms with van der Waals surface area (Å²) in [6.07, 6.45) is 0. The SMILES string of the molecule is Nc1c(C(=O)O)nnc2cc(F)ccc12. The largest absolute Gasteiger partial charge is 0.476 e. The molecule has 0 saturated carbocycles. The van der Waals surface area contributed by atoms with Crippen LogP contribution in [0.3, 0.4) is 0 Å². The average Bonchev–Trinajstić information content (AvgIpc) is 2.17. The summed E-state index contributed by atoms with van der Waals surface area (Å²) >= 11 is 0. The van der Waals surface area contributed by atoms with Crippen LogP contribution in [-0.4, -0.2) is 21.3 Å². The fraction of sp³-hybridized carbons (Fsp3) is 0. The molecule has 5 nitrogen and oxygen atoms in total. The first-order chi connectivity index (χ1) is 7.09. The van der Waals surface area contributed by atoms with Crippen LogP contribution < -0.4 is 5.73 Å². The van der Waals surface area contributed by atoms with E-state index in [1.807, 2.05) is 0 Å². The average molecular weight is 207 g/mol. The number of aromatic carboxylic acids is 1. The van der Waals surface area contributed by atoms with E-state index in [9.17, 15) is 9.18 Å². The van der Waals surface area contributed by atoms with Gasteiger partial charge in [0.25, 0.3) is 0 Å². The van der Waals surface area contributed by atoms with Crippen LogP contribution in [0.25, 0.3) is 10.9 Å². The number of halogens is 1. The summed E-state index contributed by atoms with van der Waals surface area (Å²) in [5, 5.41) is 16.1. The van der Waals surface area contributed by atoms with Crippen molar-refractivity contribution in [2.45, 2.75) is 0 Å². The van der Waals surface area contributed by atoms with Gasteiger partial charge in [-0.2, -0.15) is 0 Å². The number of aromatic nitrogens is 2. The molecule has 1 aromatic carbocycles. The highest BCUT2D eigenvalue weighted by atomic mass is 19.1. The summed E-state index contributed by atoms with van der Waals surface area (Å²) in [7, 11) is 0. The Morgan fingerprint density at radius 1 is 1.40 bits per heavy atom. The van der Waals surface area contributed by atoms with Crippen molar-refractivity contribution >= 4 is 22.6 Å². The number of carbonyl (C=O) groups is 1. The number of fused-ring (bicyclic) bond motifs is 1. The predicted molar refractivity (Wildman–Crippen MR) is 50.9 cm³/mol. The molecule has 76 valence electrons. The van der Waals surface area contributed by atoms with E-state index in [2.05, 4.69) is 10.2 Å². The molecular weight excluding hydrogens is 201 g/mol. The van der Waals surface area contributed by atoms with Gasteiger partial charge in [-0.1, -0.05) is 0 Å². The van der Waals surface area contributed by atoms with Crippen molar-refractivity contribution in [1.29, 1.82) is 0 Å². The molecule has 1 heterocycles. The summed E-state index contributed by atoms with van der Waals surface area (Å²) in [4.78, 5) is 10.7. The Morgan fingerprint density at radius 2 is 2.13 bits per heavy atom. The van der Waals surface area contributed by atoms with Crippen LogP contribution in [0.5, 0.6) is 0 Å². The third kappa shape index (κ3) is 1.45. The lowest BCUT2D eigenvalue weighted by Crippen LogP contribution is -2.07. The fourth-order valence-electron chi connectivity index (χ4n) is 1.26. The molecule has 0 aliphatic carbocycles. The van der Waals surface area contributed by atoms with Gasteiger partial charge in [-0.3, -0.25) is 0 Å². The quantitative estimate of drug-likeness (QED) is 0.729. The molecule has 0 radical (unpaired) electrons. The molecule has 0 unspecified atom stereocenters. The Labute approximate surface area is 83.3 Å². The molecule has 0 bridgehead atoms. The van der Waals surface area contributed by atoms with Gasteiger partial charge < -0.3 is 10.8 Å². The normalized spacial score (nSPS) is 10.5. The second-order valence-corrected chi connectivity index (χ2v) is 2.93. The summed E-state index contributed by atoms with van der Waals surface area (Å²) in [6, 6.07) is 3.71. The lowest BCUT2D eigenvalue weighted by molar-refractivity contribution is 0.0691. The van der Waals surface area contributed by atoms with Crippen LogP contribution in [0.2, 0.25) is 0 Å². The Kier molecular flexibility index (Phi) is 1.96. The van der Waals surface area contributed by atoms with Crippen molar-refractivity contribution in [3.8, 4) is 0 Å². The van der Waals surface area contributed by atoms with E-state index in [-0.39, 0.29) is 16.9 Å². The van der Waals surface area contributed by atoms with Crippen molar-refractivity contribution in [3.05, 3.63) is 29.7 Å². The number of rotatable bonds is 1. The number of carboxylic acid groups (broad SMARTS) is 1. The molecule has 0 aliphatic rings. The molecular formula is C9H6FN3O2. The van der Waals surface area contributed by atoms with Crippen molar-refractivity contribution in [1.82, 2.24) is 10.2 Å². The summed E-state index contributed by atoms with van der Waals surface area (Å²) in [6.45, 7) is 0. The minimum Gasteiger partial charge on any atom is -0.476 e. The Morgan fingerprint density at radius 3 is 2.80 bits per heavy atom. The van der Waals surface area contributed by atoms with Crippen LogP contribution in [0.15, 0.2) is 18.2 Å². The number of hydrogen-bond donors (Lipinski definition) is 2. The molecule has 0 saturated heterocycles. The Hall–Kier alpha value is -2.24. The minimum absolute atomic E-state index is 0.00694. The third-order valence-corrected chi connectivity index (χ3v) is 1.97. The van der Waals surface area contributed by atoms with Crippen LogP contribution in [0.4, 0.5) is 10.1 Å². The van der Waals surface area contributed by atoms with Crippen molar-refractivity contribution in [2.75, 3.05) is 5.73 Å². The van der Waals surface area contributed by atoms with Crippen molar-refractivity contribution < 1.29 is 14.3 Å². The van der Waals surface area contributed by atoms with E-state index in [4.69, 9.17) is 10.8 Å². The molecule has 0 aliphatic heterocycles. The summed E-state index contributed by atoms with van der Waals surface area (Å²) < 4.78 is 12.8. The van der Waals surface area contributed by atoms with Gasteiger partial charge in [-0.15, -0.1) is 10.2 Å². The number of anilines is 1. The number of nitrogens with zero attached hydrogens (tertiary/aromatic N) is 2. The summed E-state index contributed by atoms with van der Waals surface area (Å²) in [5.74, 6) is -1.73. The smallest absolute Gasteiger partial charge is 0.358 e. The molecule has 0 spiro atoms. The van der Waals surface area contributed by atoms with E-state index in [0.717, 1.165) is 6.07 Å². The molecule has 0 atom stereocenters. The van der Waals surface area contributed by atoms with Crippen LogP contribution in [0, 0.1) is 5.82 Å². The van der Waals surface area contributed by atoms with Crippen LogP contribution in [-0.2, 0) is 0 Å². The maximum absolute atomic E-state index is 12.8. The number of nitrogens with two attached hydrogens (primary N) is 1. The van der Waals surface area contributed by atoms with Crippen LogP contribution in [0.1, 0.15) is 10.5 Å². The molecule has 15 heavy (non-hydrogen) atoms. The lowest BCUT2D eigenvalue weighted by atomic mass is 10.1. The molecule has 1 aromatic heterocycles. The van der Waals surface area contributed by atoms with E-state index in [1.54, 1.807) is 0 Å². The summed E-state index contributed by atoms with van der Waals surface area (Å²) in [5.41, 5.74) is 5.47. The van der Waals surface area contributed by atoms with E-state index in [0.29, 0.717) is 5.39 Å². The molecule has 6 heteroatoms. The van der Waals surface area contributed by atoms with Gasteiger partial charge in [-0.25, -0.2) is 9.18 Å². The first-order valence-electron chi connectivity index (χ1n) is 4.04. The second kappa shape index (κ2) is 3.16. The third-order valence-electron chi connectivity index (χ3n) is 1.97. The zero-order valence-electron chi connectivity index (χ0n) is 7.44. The molecule has 0 fully saturated rings. The first kappa shape index (κ1) is 9.32. The van der Waals surface area contributed by atoms with E-state index < -0.39 is 11.8 Å².